The second kappa shape index (κ2) is 9.33. The number of rotatable bonds is 7. The largest absolute Gasteiger partial charge is 0.449 e. The molecule has 0 aliphatic rings. The molecule has 0 aliphatic carbocycles. The molecule has 0 saturated heterocycles. The Kier molecular flexibility index (Phi) is 7.15. The van der Waals surface area contributed by atoms with Crippen LogP contribution in [0.1, 0.15) is 48.7 Å². The SMILES string of the molecule is CCC[C@H](NC(=O)[C@H](C)OC(=O)c1c[nH]c(=O)c(Br)c1)c1ccccc1. The number of esters is 1. The number of halogens is 1. The topological polar surface area (TPSA) is 88.3 Å². The van der Waals surface area contributed by atoms with Gasteiger partial charge in [-0.1, -0.05) is 43.7 Å². The van der Waals surface area contributed by atoms with Crippen LogP contribution in [0.5, 0.6) is 0 Å². The van der Waals surface area contributed by atoms with E-state index < -0.39 is 12.1 Å². The molecule has 2 N–H and O–H groups in total. The van der Waals surface area contributed by atoms with Crippen molar-refractivity contribution in [3.8, 4) is 0 Å². The maximum Gasteiger partial charge on any atom is 0.340 e. The van der Waals surface area contributed by atoms with Crippen LogP contribution < -0.4 is 10.9 Å². The summed E-state index contributed by atoms with van der Waals surface area (Å²) in [5.74, 6) is -1.06. The molecule has 26 heavy (non-hydrogen) atoms. The highest BCUT2D eigenvalue weighted by molar-refractivity contribution is 9.10. The van der Waals surface area contributed by atoms with E-state index in [-0.39, 0.29) is 27.5 Å². The van der Waals surface area contributed by atoms with E-state index >= 15 is 0 Å². The highest BCUT2D eigenvalue weighted by Gasteiger charge is 2.22. The minimum Gasteiger partial charge on any atom is -0.449 e. The number of amides is 1. The number of carbonyl (C=O) groups is 2. The summed E-state index contributed by atoms with van der Waals surface area (Å²) in [7, 11) is 0. The Morgan fingerprint density at radius 3 is 2.58 bits per heavy atom. The molecule has 6 nitrogen and oxygen atoms in total. The Balaban J connectivity index is 2.02. The Bertz CT molecular complexity index is 820. The van der Waals surface area contributed by atoms with Crippen molar-refractivity contribution in [2.75, 3.05) is 0 Å². The molecule has 1 aromatic heterocycles. The molecule has 0 fully saturated rings. The van der Waals surface area contributed by atoms with Gasteiger partial charge in [-0.25, -0.2) is 4.79 Å². The van der Waals surface area contributed by atoms with Crippen molar-refractivity contribution in [1.82, 2.24) is 10.3 Å². The number of benzene rings is 1. The van der Waals surface area contributed by atoms with Crippen molar-refractivity contribution in [2.24, 2.45) is 0 Å². The van der Waals surface area contributed by atoms with Crippen molar-refractivity contribution in [3.63, 3.8) is 0 Å². The zero-order valence-corrected chi connectivity index (χ0v) is 16.2. The third-order valence-electron chi connectivity index (χ3n) is 3.84. The van der Waals surface area contributed by atoms with Gasteiger partial charge in [-0.15, -0.1) is 0 Å². The molecule has 0 bridgehead atoms. The minimum atomic E-state index is -0.962. The van der Waals surface area contributed by atoms with Crippen LogP contribution in [0.2, 0.25) is 0 Å². The summed E-state index contributed by atoms with van der Waals surface area (Å²) in [5.41, 5.74) is 0.813. The lowest BCUT2D eigenvalue weighted by Crippen LogP contribution is -2.38. The molecule has 1 aromatic carbocycles. The first-order valence-corrected chi connectivity index (χ1v) is 9.16. The van der Waals surface area contributed by atoms with Crippen molar-refractivity contribution < 1.29 is 14.3 Å². The Morgan fingerprint density at radius 1 is 1.27 bits per heavy atom. The average Bonchev–Trinajstić information content (AvgIpc) is 2.64. The zero-order valence-electron chi connectivity index (χ0n) is 14.6. The van der Waals surface area contributed by atoms with Gasteiger partial charge < -0.3 is 15.0 Å². The zero-order chi connectivity index (χ0) is 19.1. The van der Waals surface area contributed by atoms with Crippen LogP contribution in [0.25, 0.3) is 0 Å². The quantitative estimate of drug-likeness (QED) is 0.672. The number of ether oxygens (including phenoxy) is 1. The van der Waals surface area contributed by atoms with E-state index in [0.29, 0.717) is 0 Å². The molecule has 7 heteroatoms. The number of nitrogens with one attached hydrogen (secondary N) is 2. The molecule has 2 aromatic rings. The van der Waals surface area contributed by atoms with Crippen molar-refractivity contribution in [3.05, 3.63) is 68.5 Å². The smallest absolute Gasteiger partial charge is 0.340 e. The lowest BCUT2D eigenvalue weighted by atomic mass is 10.0. The lowest BCUT2D eigenvalue weighted by molar-refractivity contribution is -0.129. The van der Waals surface area contributed by atoms with Crippen LogP contribution in [0.4, 0.5) is 0 Å². The van der Waals surface area contributed by atoms with Gasteiger partial charge >= 0.3 is 5.97 Å². The number of carbonyl (C=O) groups excluding carboxylic acids is 2. The summed E-state index contributed by atoms with van der Waals surface area (Å²) in [4.78, 5) is 38.3. The molecular formula is C19H21BrN2O4. The van der Waals surface area contributed by atoms with Crippen LogP contribution in [0, 0.1) is 0 Å². The summed E-state index contributed by atoms with van der Waals surface area (Å²) in [6.07, 6.45) is 1.98. The lowest BCUT2D eigenvalue weighted by Gasteiger charge is -2.21. The standard InChI is InChI=1S/C19H21BrN2O4/c1-3-7-16(13-8-5-4-6-9-13)22-17(23)12(2)26-19(25)14-10-15(20)18(24)21-11-14/h4-6,8-12,16H,3,7H2,1-2H3,(H,21,24)(H,22,23)/t12-,16-/m0/s1. The molecule has 138 valence electrons. The van der Waals surface area contributed by atoms with Gasteiger partial charge in [-0.3, -0.25) is 9.59 Å². The van der Waals surface area contributed by atoms with Gasteiger partial charge in [0, 0.05) is 6.20 Å². The Hall–Kier alpha value is -2.41. The second-order valence-corrected chi connectivity index (χ2v) is 6.73. The number of aromatic nitrogens is 1. The van der Waals surface area contributed by atoms with Crippen LogP contribution in [0.3, 0.4) is 0 Å². The van der Waals surface area contributed by atoms with Gasteiger partial charge in [0.15, 0.2) is 6.10 Å². The monoisotopic (exact) mass is 420 g/mol. The number of H-pyrrole nitrogens is 1. The van der Waals surface area contributed by atoms with Crippen LogP contribution in [0.15, 0.2) is 51.9 Å². The van der Waals surface area contributed by atoms with Crippen molar-refractivity contribution in [1.29, 1.82) is 0 Å². The second-order valence-electron chi connectivity index (χ2n) is 5.87. The molecule has 0 saturated carbocycles. The minimum absolute atomic E-state index is 0.142. The van der Waals surface area contributed by atoms with Crippen LogP contribution in [-0.2, 0) is 9.53 Å². The van der Waals surface area contributed by atoms with Gasteiger partial charge in [0.05, 0.1) is 16.1 Å². The first kappa shape index (κ1) is 19.9. The number of hydrogen-bond donors (Lipinski definition) is 2. The molecule has 2 atom stereocenters. The van der Waals surface area contributed by atoms with Crippen LogP contribution >= 0.6 is 15.9 Å². The summed E-state index contributed by atoms with van der Waals surface area (Å²) in [5, 5.41) is 2.93. The van der Waals surface area contributed by atoms with Crippen molar-refractivity contribution >= 4 is 27.8 Å². The Labute approximate surface area is 160 Å². The van der Waals surface area contributed by atoms with E-state index in [0.717, 1.165) is 18.4 Å². The maximum absolute atomic E-state index is 12.4. The van der Waals surface area contributed by atoms with Gasteiger partial charge in [0.2, 0.25) is 0 Å². The van der Waals surface area contributed by atoms with Gasteiger partial charge in [-0.05, 0) is 40.9 Å². The fraction of sp³-hybridized carbons (Fsp3) is 0.316. The molecule has 0 aliphatic heterocycles. The van der Waals surface area contributed by atoms with Crippen LogP contribution in [-0.4, -0.2) is 23.0 Å². The van der Waals surface area contributed by atoms with E-state index in [4.69, 9.17) is 4.74 Å². The van der Waals surface area contributed by atoms with Gasteiger partial charge in [-0.2, -0.15) is 0 Å². The number of pyridine rings is 1. The number of aromatic amines is 1. The molecule has 0 unspecified atom stereocenters. The third-order valence-corrected chi connectivity index (χ3v) is 4.43. The predicted octanol–water partition coefficient (Wildman–Crippen LogP) is 3.34. The summed E-state index contributed by atoms with van der Waals surface area (Å²) in [6, 6.07) is 10.9. The molecular weight excluding hydrogens is 400 g/mol. The van der Waals surface area contributed by atoms with E-state index in [9.17, 15) is 14.4 Å². The van der Waals surface area contributed by atoms with Gasteiger partial charge in [0.1, 0.15) is 0 Å². The highest BCUT2D eigenvalue weighted by Crippen LogP contribution is 2.18. The normalized spacial score (nSPS) is 12.9. The van der Waals surface area contributed by atoms with E-state index in [2.05, 4.69) is 26.2 Å². The predicted molar refractivity (Wildman–Crippen MR) is 102 cm³/mol. The van der Waals surface area contributed by atoms with E-state index in [1.54, 1.807) is 0 Å². The molecule has 1 amide bonds. The molecule has 0 spiro atoms. The fourth-order valence-corrected chi connectivity index (χ4v) is 2.80. The summed E-state index contributed by atoms with van der Waals surface area (Å²) >= 11 is 3.05. The average molecular weight is 421 g/mol. The third kappa shape index (κ3) is 5.29. The number of hydrogen-bond acceptors (Lipinski definition) is 4. The Morgan fingerprint density at radius 2 is 1.96 bits per heavy atom. The highest BCUT2D eigenvalue weighted by atomic mass is 79.9. The van der Waals surface area contributed by atoms with E-state index in [1.807, 2.05) is 37.3 Å². The maximum atomic E-state index is 12.4. The van der Waals surface area contributed by atoms with E-state index in [1.165, 1.54) is 19.2 Å². The summed E-state index contributed by atoms with van der Waals surface area (Å²) < 4.78 is 5.43. The van der Waals surface area contributed by atoms with Gasteiger partial charge in [0.25, 0.3) is 11.5 Å². The summed E-state index contributed by atoms with van der Waals surface area (Å²) in [6.45, 7) is 3.56. The first-order chi connectivity index (χ1) is 12.4. The first-order valence-electron chi connectivity index (χ1n) is 8.37. The van der Waals surface area contributed by atoms with Crippen molar-refractivity contribution in [2.45, 2.75) is 38.8 Å². The molecule has 0 radical (unpaired) electrons. The fourth-order valence-electron chi connectivity index (χ4n) is 2.44. The molecule has 1 heterocycles. The molecule has 2 rings (SSSR count).